The van der Waals surface area contributed by atoms with Gasteiger partial charge in [-0.1, -0.05) is 32.0 Å². The Bertz CT molecular complexity index is 1370. The molecule has 4 rings (SSSR count). The van der Waals surface area contributed by atoms with Gasteiger partial charge in [-0.25, -0.2) is 4.98 Å². The van der Waals surface area contributed by atoms with Crippen LogP contribution in [0.4, 0.5) is 0 Å². The Kier molecular flexibility index (Phi) is 12.2. The number of aromatic nitrogens is 3. The molecule has 1 aromatic carbocycles. The van der Waals surface area contributed by atoms with E-state index in [-0.39, 0.29) is 17.9 Å². The zero-order valence-corrected chi connectivity index (χ0v) is 25.9. The predicted molar refractivity (Wildman–Crippen MR) is 171 cm³/mol. The summed E-state index contributed by atoms with van der Waals surface area (Å²) in [6, 6.07) is 11.5. The Morgan fingerprint density at radius 1 is 1.05 bits per heavy atom. The molecule has 0 aliphatic carbocycles. The molecule has 1 unspecified atom stereocenters. The fourth-order valence-corrected chi connectivity index (χ4v) is 6.09. The van der Waals surface area contributed by atoms with Gasteiger partial charge >= 0.3 is 0 Å². The van der Waals surface area contributed by atoms with E-state index in [4.69, 9.17) is 0 Å². The van der Waals surface area contributed by atoms with Crippen molar-refractivity contribution >= 4 is 34.1 Å². The van der Waals surface area contributed by atoms with E-state index in [0.717, 1.165) is 61.5 Å². The SMILES string of the molecule is CCCN(CCC)CCC[C@H](NC(=O)c1ccc(CNC(C)c2ncc[nH]2)s1)C(=O)NCCc1c[nH]c2ccccc12. The topological polar surface area (TPSA) is 118 Å². The van der Waals surface area contributed by atoms with Gasteiger partial charge in [0.25, 0.3) is 5.91 Å². The Balaban J connectivity index is 1.34. The standard InChI is InChI=1S/C32H45N7O2S/c1-4-18-39(19-5-2)20-8-11-28(31(40)35-15-14-24-21-37-27-10-7-6-9-26(24)27)38-32(41)29-13-12-25(42-29)22-36-23(3)30-33-16-17-34-30/h6-7,9-10,12-13,16-17,21,23,28,36-37H,4-5,8,11,14-15,18-20,22H2,1-3H3,(H,33,34)(H,35,40)(H,38,41)/t23?,28-/m0/s1. The molecule has 0 bridgehead atoms. The van der Waals surface area contributed by atoms with Gasteiger partial charge in [0, 0.05) is 47.5 Å². The van der Waals surface area contributed by atoms with Gasteiger partial charge in [0.05, 0.1) is 10.9 Å². The van der Waals surface area contributed by atoms with E-state index in [0.29, 0.717) is 24.4 Å². The molecule has 42 heavy (non-hydrogen) atoms. The highest BCUT2D eigenvalue weighted by Gasteiger charge is 2.22. The monoisotopic (exact) mass is 591 g/mol. The summed E-state index contributed by atoms with van der Waals surface area (Å²) in [6.45, 7) is 10.6. The van der Waals surface area contributed by atoms with Crippen LogP contribution in [0.5, 0.6) is 0 Å². The summed E-state index contributed by atoms with van der Waals surface area (Å²) in [6.07, 6.45) is 9.90. The summed E-state index contributed by atoms with van der Waals surface area (Å²) in [5.41, 5.74) is 2.26. The van der Waals surface area contributed by atoms with Crippen LogP contribution in [0.15, 0.2) is 55.0 Å². The van der Waals surface area contributed by atoms with E-state index in [1.54, 1.807) is 12.4 Å². The van der Waals surface area contributed by atoms with Crippen molar-refractivity contribution < 1.29 is 9.59 Å². The minimum atomic E-state index is -0.590. The fourth-order valence-electron chi connectivity index (χ4n) is 5.23. The summed E-state index contributed by atoms with van der Waals surface area (Å²) < 4.78 is 0. The van der Waals surface area contributed by atoms with Crippen LogP contribution in [0, 0.1) is 0 Å². The number of nitrogens with zero attached hydrogens (tertiary/aromatic N) is 2. The van der Waals surface area contributed by atoms with Gasteiger partial charge in [-0.2, -0.15) is 0 Å². The number of fused-ring (bicyclic) bond motifs is 1. The Morgan fingerprint density at radius 2 is 1.86 bits per heavy atom. The van der Waals surface area contributed by atoms with Crippen molar-refractivity contribution in [3.8, 4) is 0 Å². The van der Waals surface area contributed by atoms with Crippen molar-refractivity contribution in [3.63, 3.8) is 0 Å². The molecule has 0 aliphatic rings. The first-order valence-corrected chi connectivity index (χ1v) is 16.0. The highest BCUT2D eigenvalue weighted by Crippen LogP contribution is 2.19. The summed E-state index contributed by atoms with van der Waals surface area (Å²) in [7, 11) is 0. The van der Waals surface area contributed by atoms with Crippen molar-refractivity contribution in [2.24, 2.45) is 0 Å². The van der Waals surface area contributed by atoms with Crippen LogP contribution >= 0.6 is 11.3 Å². The maximum absolute atomic E-state index is 13.4. The Hall–Kier alpha value is -3.47. The molecule has 226 valence electrons. The molecular formula is C32H45N7O2S. The lowest BCUT2D eigenvalue weighted by Gasteiger charge is -2.23. The Labute approximate surface area is 252 Å². The van der Waals surface area contributed by atoms with Crippen LogP contribution < -0.4 is 16.0 Å². The average Bonchev–Trinajstić information content (AvgIpc) is 3.77. The number of H-pyrrole nitrogens is 2. The number of carbonyl (C=O) groups is 2. The summed E-state index contributed by atoms with van der Waals surface area (Å²) >= 11 is 1.44. The molecule has 0 aliphatic heterocycles. The molecule has 2 amide bonds. The fraction of sp³-hybridized carbons (Fsp3) is 0.469. The zero-order valence-electron chi connectivity index (χ0n) is 25.0. The van der Waals surface area contributed by atoms with Crippen LogP contribution in [0.2, 0.25) is 0 Å². The second-order valence-corrected chi connectivity index (χ2v) is 11.9. The lowest BCUT2D eigenvalue weighted by Crippen LogP contribution is -2.47. The number of thiophene rings is 1. The maximum atomic E-state index is 13.4. The molecule has 9 nitrogen and oxygen atoms in total. The largest absolute Gasteiger partial charge is 0.361 e. The summed E-state index contributed by atoms with van der Waals surface area (Å²) in [5, 5.41) is 10.7. The van der Waals surface area contributed by atoms with Crippen LogP contribution in [-0.4, -0.2) is 63.9 Å². The second-order valence-electron chi connectivity index (χ2n) is 10.8. The first-order valence-electron chi connectivity index (χ1n) is 15.2. The molecular weight excluding hydrogens is 546 g/mol. The van der Waals surface area contributed by atoms with Crippen LogP contribution in [0.1, 0.15) is 78.4 Å². The minimum Gasteiger partial charge on any atom is -0.361 e. The number of para-hydroxylation sites is 1. The second kappa shape index (κ2) is 16.2. The zero-order chi connectivity index (χ0) is 29.7. The van der Waals surface area contributed by atoms with E-state index in [9.17, 15) is 9.59 Å². The highest BCUT2D eigenvalue weighted by molar-refractivity contribution is 7.14. The van der Waals surface area contributed by atoms with Crippen molar-refractivity contribution in [2.75, 3.05) is 26.2 Å². The van der Waals surface area contributed by atoms with Crippen molar-refractivity contribution in [1.29, 1.82) is 0 Å². The molecule has 0 saturated heterocycles. The normalized spacial score (nSPS) is 13.0. The quantitative estimate of drug-likeness (QED) is 0.110. The number of nitrogens with one attached hydrogen (secondary N) is 5. The molecule has 10 heteroatoms. The lowest BCUT2D eigenvalue weighted by atomic mass is 10.1. The first kappa shape index (κ1) is 31.5. The van der Waals surface area contributed by atoms with Crippen LogP contribution in [-0.2, 0) is 17.8 Å². The molecule has 0 fully saturated rings. The molecule has 4 aromatic rings. The number of benzene rings is 1. The predicted octanol–water partition coefficient (Wildman–Crippen LogP) is 5.16. The van der Waals surface area contributed by atoms with Crippen molar-refractivity contribution in [2.45, 2.75) is 71.5 Å². The van der Waals surface area contributed by atoms with Gasteiger partial charge in [-0.05, 0) is 82.4 Å². The molecule has 0 saturated carbocycles. The lowest BCUT2D eigenvalue weighted by molar-refractivity contribution is -0.123. The highest BCUT2D eigenvalue weighted by atomic mass is 32.1. The number of amides is 2. The third-order valence-corrected chi connectivity index (χ3v) is 8.52. The molecule has 3 heterocycles. The van der Waals surface area contributed by atoms with Gasteiger partial charge in [0.1, 0.15) is 11.9 Å². The molecule has 2 atom stereocenters. The number of aromatic amines is 2. The van der Waals surface area contributed by atoms with Crippen LogP contribution in [0.25, 0.3) is 10.9 Å². The summed E-state index contributed by atoms with van der Waals surface area (Å²) in [5.74, 6) is 0.534. The Morgan fingerprint density at radius 3 is 2.62 bits per heavy atom. The van der Waals surface area contributed by atoms with Gasteiger partial charge in [0.15, 0.2) is 0 Å². The van der Waals surface area contributed by atoms with Crippen molar-refractivity contribution in [1.82, 2.24) is 35.8 Å². The number of hydrogen-bond donors (Lipinski definition) is 5. The van der Waals surface area contributed by atoms with Crippen LogP contribution in [0.3, 0.4) is 0 Å². The number of hydrogen-bond acceptors (Lipinski definition) is 6. The molecule has 3 aromatic heterocycles. The maximum Gasteiger partial charge on any atom is 0.262 e. The summed E-state index contributed by atoms with van der Waals surface area (Å²) in [4.78, 5) is 41.4. The van der Waals surface area contributed by atoms with Crippen molar-refractivity contribution in [3.05, 3.63) is 76.1 Å². The van der Waals surface area contributed by atoms with E-state index >= 15 is 0 Å². The first-order chi connectivity index (χ1) is 20.5. The van der Waals surface area contributed by atoms with E-state index < -0.39 is 6.04 Å². The number of rotatable bonds is 18. The van der Waals surface area contributed by atoms with E-state index in [2.05, 4.69) is 61.8 Å². The van der Waals surface area contributed by atoms with Gasteiger partial charge < -0.3 is 30.8 Å². The molecule has 0 radical (unpaired) electrons. The third kappa shape index (κ3) is 9.01. The van der Waals surface area contributed by atoms with E-state index in [1.807, 2.05) is 37.4 Å². The van der Waals surface area contributed by atoms with E-state index in [1.165, 1.54) is 22.3 Å². The number of carbonyl (C=O) groups excluding carboxylic acids is 2. The average molecular weight is 592 g/mol. The smallest absolute Gasteiger partial charge is 0.262 e. The van der Waals surface area contributed by atoms with Gasteiger partial charge in [-0.15, -0.1) is 11.3 Å². The van der Waals surface area contributed by atoms with Gasteiger partial charge in [-0.3, -0.25) is 9.59 Å². The van der Waals surface area contributed by atoms with Gasteiger partial charge in [0.2, 0.25) is 5.91 Å². The molecule has 5 N–H and O–H groups in total. The molecule has 0 spiro atoms. The third-order valence-electron chi connectivity index (χ3n) is 7.43. The minimum absolute atomic E-state index is 0.0664. The number of imidazole rings is 1.